The summed E-state index contributed by atoms with van der Waals surface area (Å²) < 4.78 is 1.98. The first-order valence-corrected chi connectivity index (χ1v) is 7.18. The minimum Gasteiger partial charge on any atom is -0.337 e. The molecule has 0 aliphatic carbocycles. The van der Waals surface area contributed by atoms with Crippen LogP contribution in [-0.4, -0.2) is 58.3 Å². The lowest BCUT2D eigenvalue weighted by Gasteiger charge is -2.31. The third-order valence-electron chi connectivity index (χ3n) is 3.39. The van der Waals surface area contributed by atoms with Crippen molar-refractivity contribution < 1.29 is 4.79 Å². The van der Waals surface area contributed by atoms with Gasteiger partial charge in [-0.25, -0.2) is 4.98 Å². The first-order chi connectivity index (χ1) is 9.24. The van der Waals surface area contributed by atoms with Gasteiger partial charge < -0.3 is 9.80 Å². The molecule has 0 aromatic carbocycles. The number of hydrogen-bond acceptors (Lipinski definition) is 4. The average Bonchev–Trinajstić information content (AvgIpc) is 3.00. The van der Waals surface area contributed by atoms with Crippen molar-refractivity contribution >= 4 is 28.3 Å². The molecule has 3 heterocycles. The minimum absolute atomic E-state index is 0.0817. The van der Waals surface area contributed by atoms with Crippen LogP contribution in [0.1, 0.15) is 5.69 Å². The van der Waals surface area contributed by atoms with Gasteiger partial charge in [-0.3, -0.25) is 9.20 Å². The maximum atomic E-state index is 12.1. The van der Waals surface area contributed by atoms with E-state index in [1.54, 1.807) is 23.6 Å². The smallest absolute Gasteiger partial charge is 0.246 e. The average molecular weight is 276 g/mol. The SMILES string of the molecule is CN1CCN(C(=O)/C=C/c2cnc3sccn23)CC1. The molecule has 0 radical (unpaired) electrons. The summed E-state index contributed by atoms with van der Waals surface area (Å²) in [6.07, 6.45) is 7.24. The molecule has 1 fully saturated rings. The van der Waals surface area contributed by atoms with Gasteiger partial charge in [0.15, 0.2) is 4.96 Å². The molecule has 0 bridgehead atoms. The number of aromatic nitrogens is 2. The highest BCUT2D eigenvalue weighted by Gasteiger charge is 2.16. The highest BCUT2D eigenvalue weighted by Crippen LogP contribution is 2.13. The monoisotopic (exact) mass is 276 g/mol. The Labute approximate surface area is 115 Å². The van der Waals surface area contributed by atoms with Crippen LogP contribution < -0.4 is 0 Å². The Hall–Kier alpha value is -1.66. The van der Waals surface area contributed by atoms with E-state index in [0.717, 1.165) is 36.8 Å². The van der Waals surface area contributed by atoms with Crippen molar-refractivity contribution in [1.82, 2.24) is 19.2 Å². The number of fused-ring (bicyclic) bond motifs is 1. The molecule has 0 unspecified atom stereocenters. The third-order valence-corrected chi connectivity index (χ3v) is 4.16. The molecule has 0 atom stereocenters. The Morgan fingerprint density at radius 2 is 2.16 bits per heavy atom. The Kier molecular flexibility index (Phi) is 3.35. The van der Waals surface area contributed by atoms with Crippen LogP contribution in [0.15, 0.2) is 23.8 Å². The fourth-order valence-electron chi connectivity index (χ4n) is 2.16. The van der Waals surface area contributed by atoms with E-state index in [0.29, 0.717) is 0 Å². The van der Waals surface area contributed by atoms with Crippen molar-refractivity contribution in [3.05, 3.63) is 29.5 Å². The van der Waals surface area contributed by atoms with Crippen molar-refractivity contribution in [1.29, 1.82) is 0 Å². The summed E-state index contributed by atoms with van der Waals surface area (Å²) in [5.41, 5.74) is 0.943. The lowest BCUT2D eigenvalue weighted by atomic mass is 10.3. The van der Waals surface area contributed by atoms with Crippen LogP contribution in [0.2, 0.25) is 0 Å². The topological polar surface area (TPSA) is 40.8 Å². The van der Waals surface area contributed by atoms with Crippen molar-refractivity contribution in [2.75, 3.05) is 33.2 Å². The third kappa shape index (κ3) is 2.54. The molecule has 0 spiro atoms. The standard InChI is InChI=1S/C13H16N4OS/c1-15-4-6-16(7-5-15)12(18)3-2-11-10-14-13-17(11)8-9-19-13/h2-3,8-10H,4-7H2,1H3/b3-2+. The number of carbonyl (C=O) groups excluding carboxylic acids is 1. The van der Waals surface area contributed by atoms with Gasteiger partial charge in [-0.2, -0.15) is 0 Å². The largest absolute Gasteiger partial charge is 0.337 e. The molecule has 5 nitrogen and oxygen atoms in total. The molecule has 0 saturated carbocycles. The summed E-state index contributed by atoms with van der Waals surface area (Å²) >= 11 is 1.59. The normalized spacial score (nSPS) is 17.6. The molecule has 1 saturated heterocycles. The second-order valence-electron chi connectivity index (χ2n) is 4.70. The van der Waals surface area contributed by atoms with Gasteiger partial charge in [0.1, 0.15) is 0 Å². The maximum absolute atomic E-state index is 12.1. The molecule has 2 aromatic heterocycles. The van der Waals surface area contributed by atoms with Gasteiger partial charge in [-0.15, -0.1) is 11.3 Å². The summed E-state index contributed by atoms with van der Waals surface area (Å²) in [6, 6.07) is 0. The van der Waals surface area contributed by atoms with Crippen molar-refractivity contribution in [3.63, 3.8) is 0 Å². The van der Waals surface area contributed by atoms with Gasteiger partial charge >= 0.3 is 0 Å². The van der Waals surface area contributed by atoms with Crippen molar-refractivity contribution in [3.8, 4) is 0 Å². The van der Waals surface area contributed by atoms with Crippen molar-refractivity contribution in [2.24, 2.45) is 0 Å². The van der Waals surface area contributed by atoms with Crippen LogP contribution in [0.5, 0.6) is 0 Å². The van der Waals surface area contributed by atoms with Gasteiger partial charge in [0.05, 0.1) is 11.9 Å². The van der Waals surface area contributed by atoms with E-state index < -0.39 is 0 Å². The second kappa shape index (κ2) is 5.14. The van der Waals surface area contributed by atoms with Crippen LogP contribution in [0.25, 0.3) is 11.0 Å². The molecular weight excluding hydrogens is 260 g/mol. The zero-order chi connectivity index (χ0) is 13.2. The number of hydrogen-bond donors (Lipinski definition) is 0. The summed E-state index contributed by atoms with van der Waals surface area (Å²) in [4.78, 5) is 21.4. The summed E-state index contributed by atoms with van der Waals surface area (Å²) in [5.74, 6) is 0.0817. The van der Waals surface area contributed by atoms with Crippen LogP contribution >= 0.6 is 11.3 Å². The van der Waals surface area contributed by atoms with Crippen molar-refractivity contribution in [2.45, 2.75) is 0 Å². The predicted octanol–water partition coefficient (Wildman–Crippen LogP) is 1.18. The van der Waals surface area contributed by atoms with Crippen LogP contribution in [-0.2, 0) is 4.79 Å². The van der Waals surface area contributed by atoms with Gasteiger partial charge in [0.2, 0.25) is 5.91 Å². The quantitative estimate of drug-likeness (QED) is 0.774. The number of rotatable bonds is 2. The molecular formula is C13H16N4OS. The number of nitrogens with zero attached hydrogens (tertiary/aromatic N) is 4. The Bertz CT molecular complexity index is 607. The zero-order valence-electron chi connectivity index (χ0n) is 10.8. The molecule has 19 heavy (non-hydrogen) atoms. The van der Waals surface area contributed by atoms with Crippen LogP contribution in [0.4, 0.5) is 0 Å². The van der Waals surface area contributed by atoms with E-state index in [1.165, 1.54) is 0 Å². The van der Waals surface area contributed by atoms with E-state index in [1.807, 2.05) is 27.0 Å². The van der Waals surface area contributed by atoms with E-state index in [4.69, 9.17) is 0 Å². The number of thiazole rings is 1. The lowest BCUT2D eigenvalue weighted by molar-refractivity contribution is -0.127. The summed E-state index contributed by atoms with van der Waals surface area (Å²) in [7, 11) is 2.08. The second-order valence-corrected chi connectivity index (χ2v) is 5.57. The molecule has 0 N–H and O–H groups in total. The number of imidazole rings is 1. The number of likely N-dealkylation sites (N-methyl/N-ethyl adjacent to an activating group) is 1. The highest BCUT2D eigenvalue weighted by atomic mass is 32.1. The predicted molar refractivity (Wildman–Crippen MR) is 76.2 cm³/mol. The van der Waals surface area contributed by atoms with E-state index >= 15 is 0 Å². The Morgan fingerprint density at radius 1 is 1.37 bits per heavy atom. The number of amides is 1. The molecule has 6 heteroatoms. The lowest BCUT2D eigenvalue weighted by Crippen LogP contribution is -2.46. The summed E-state index contributed by atoms with van der Waals surface area (Å²) in [5, 5.41) is 1.99. The Morgan fingerprint density at radius 3 is 2.95 bits per heavy atom. The first-order valence-electron chi connectivity index (χ1n) is 6.30. The van der Waals surface area contributed by atoms with Crippen LogP contribution in [0.3, 0.4) is 0 Å². The first kappa shape index (κ1) is 12.4. The highest BCUT2D eigenvalue weighted by molar-refractivity contribution is 7.15. The van der Waals surface area contributed by atoms with Crippen LogP contribution in [0, 0.1) is 0 Å². The molecule has 2 aromatic rings. The molecule has 1 aliphatic heterocycles. The molecule has 3 rings (SSSR count). The van der Waals surface area contributed by atoms with E-state index in [2.05, 4.69) is 16.9 Å². The molecule has 100 valence electrons. The Balaban J connectivity index is 1.69. The summed E-state index contributed by atoms with van der Waals surface area (Å²) in [6.45, 7) is 3.50. The fraction of sp³-hybridized carbons (Fsp3) is 0.385. The van der Waals surface area contributed by atoms with Gasteiger partial charge in [0.25, 0.3) is 0 Å². The van der Waals surface area contributed by atoms with Gasteiger partial charge in [0, 0.05) is 43.8 Å². The maximum Gasteiger partial charge on any atom is 0.246 e. The molecule has 1 aliphatic rings. The zero-order valence-corrected chi connectivity index (χ0v) is 11.6. The van der Waals surface area contributed by atoms with Gasteiger partial charge in [-0.05, 0) is 13.1 Å². The van der Waals surface area contributed by atoms with E-state index in [9.17, 15) is 4.79 Å². The fourth-order valence-corrected chi connectivity index (χ4v) is 2.86. The number of carbonyl (C=O) groups is 1. The minimum atomic E-state index is 0.0817. The van der Waals surface area contributed by atoms with E-state index in [-0.39, 0.29) is 5.91 Å². The number of piperazine rings is 1. The molecule has 1 amide bonds. The van der Waals surface area contributed by atoms with Gasteiger partial charge in [-0.1, -0.05) is 0 Å².